The van der Waals surface area contributed by atoms with Crippen LogP contribution in [0.25, 0.3) is 0 Å². The van der Waals surface area contributed by atoms with Crippen molar-refractivity contribution in [2.45, 2.75) is 26.8 Å². The number of hydrogen-bond donors (Lipinski definition) is 1. The van der Waals surface area contributed by atoms with Crippen molar-refractivity contribution in [1.29, 1.82) is 0 Å². The van der Waals surface area contributed by atoms with Crippen LogP contribution in [0.15, 0.2) is 28.8 Å². The van der Waals surface area contributed by atoms with Crippen LogP contribution in [0.4, 0.5) is 0 Å². The Morgan fingerprint density at radius 3 is 2.70 bits per heavy atom. The van der Waals surface area contributed by atoms with E-state index in [1.807, 2.05) is 32.0 Å². The molecule has 0 aliphatic rings. The summed E-state index contributed by atoms with van der Waals surface area (Å²) in [7, 11) is 1.61. The molecule has 2 rings (SSSR count). The van der Waals surface area contributed by atoms with Gasteiger partial charge in [0.15, 0.2) is 5.69 Å². The van der Waals surface area contributed by atoms with E-state index in [1.165, 1.54) is 0 Å². The molecule has 1 unspecified atom stereocenters. The Balaban J connectivity index is 2.17. The molecule has 0 aliphatic carbocycles. The molecule has 1 aromatic heterocycles. The quantitative estimate of drug-likeness (QED) is 0.931. The van der Waals surface area contributed by atoms with Gasteiger partial charge in [-0.15, -0.1) is 0 Å². The van der Waals surface area contributed by atoms with Crippen LogP contribution in [0.5, 0.6) is 5.75 Å². The number of aromatic nitrogens is 1. The van der Waals surface area contributed by atoms with E-state index in [0.717, 1.165) is 16.9 Å². The van der Waals surface area contributed by atoms with Gasteiger partial charge in [-0.25, -0.2) is 0 Å². The van der Waals surface area contributed by atoms with Gasteiger partial charge in [0.05, 0.1) is 13.2 Å². The summed E-state index contributed by atoms with van der Waals surface area (Å²) in [5, 5.41) is 6.59. The number of benzene rings is 1. The summed E-state index contributed by atoms with van der Waals surface area (Å²) in [4.78, 5) is 12.1. The Hall–Kier alpha value is -2.30. The van der Waals surface area contributed by atoms with Gasteiger partial charge in [-0.05, 0) is 26.8 Å². The minimum atomic E-state index is -0.266. The van der Waals surface area contributed by atoms with Gasteiger partial charge >= 0.3 is 0 Å². The maximum absolute atomic E-state index is 12.1. The van der Waals surface area contributed by atoms with E-state index in [-0.39, 0.29) is 17.6 Å². The van der Waals surface area contributed by atoms with E-state index in [2.05, 4.69) is 10.5 Å². The second-order valence-corrected chi connectivity index (χ2v) is 4.76. The minimum absolute atomic E-state index is 0.186. The molecule has 5 nitrogen and oxygen atoms in total. The largest absolute Gasteiger partial charge is 0.496 e. The summed E-state index contributed by atoms with van der Waals surface area (Å²) in [6, 6.07) is 7.29. The monoisotopic (exact) mass is 274 g/mol. The standard InChI is InChI=1S/C15H18N2O3/c1-9-5-6-14(19-4)12(7-9)11(3)16-15(18)13-8-10(2)20-17-13/h5-8,11H,1-4H3,(H,16,18). The van der Waals surface area contributed by atoms with Crippen molar-refractivity contribution >= 4 is 5.91 Å². The third kappa shape index (κ3) is 2.99. The van der Waals surface area contributed by atoms with Crippen LogP contribution >= 0.6 is 0 Å². The number of methoxy groups -OCH3 is 1. The number of carbonyl (C=O) groups excluding carboxylic acids is 1. The summed E-state index contributed by atoms with van der Waals surface area (Å²) in [5.41, 5.74) is 2.32. The van der Waals surface area contributed by atoms with Crippen molar-refractivity contribution in [1.82, 2.24) is 10.5 Å². The smallest absolute Gasteiger partial charge is 0.273 e. The van der Waals surface area contributed by atoms with Gasteiger partial charge in [-0.3, -0.25) is 4.79 Å². The first-order valence-corrected chi connectivity index (χ1v) is 6.40. The van der Waals surface area contributed by atoms with Crippen LogP contribution in [0, 0.1) is 13.8 Å². The van der Waals surface area contributed by atoms with Crippen molar-refractivity contribution in [2.75, 3.05) is 7.11 Å². The fourth-order valence-electron chi connectivity index (χ4n) is 2.01. The lowest BCUT2D eigenvalue weighted by molar-refractivity contribution is 0.0930. The van der Waals surface area contributed by atoms with Crippen molar-refractivity contribution in [3.63, 3.8) is 0 Å². The van der Waals surface area contributed by atoms with Crippen LogP contribution in [-0.2, 0) is 0 Å². The molecule has 1 atom stereocenters. The maximum Gasteiger partial charge on any atom is 0.273 e. The molecule has 0 aliphatic heterocycles. The number of aryl methyl sites for hydroxylation is 2. The van der Waals surface area contributed by atoms with Gasteiger partial charge in [0.1, 0.15) is 11.5 Å². The van der Waals surface area contributed by atoms with Crippen molar-refractivity contribution in [3.8, 4) is 5.75 Å². The Bertz CT molecular complexity index is 619. The summed E-state index contributed by atoms with van der Waals surface area (Å²) in [6.07, 6.45) is 0. The van der Waals surface area contributed by atoms with Gasteiger partial charge in [-0.2, -0.15) is 0 Å². The predicted octanol–water partition coefficient (Wildman–Crippen LogP) is 2.79. The molecule has 0 spiro atoms. The van der Waals surface area contributed by atoms with E-state index in [1.54, 1.807) is 20.1 Å². The number of nitrogens with one attached hydrogen (secondary N) is 1. The molecular weight excluding hydrogens is 256 g/mol. The molecule has 5 heteroatoms. The average molecular weight is 274 g/mol. The molecule has 1 heterocycles. The number of carbonyl (C=O) groups is 1. The van der Waals surface area contributed by atoms with Crippen molar-refractivity contribution in [2.24, 2.45) is 0 Å². The third-order valence-corrected chi connectivity index (χ3v) is 3.06. The summed E-state index contributed by atoms with van der Waals surface area (Å²) in [6.45, 7) is 5.65. The third-order valence-electron chi connectivity index (χ3n) is 3.06. The lowest BCUT2D eigenvalue weighted by atomic mass is 10.0. The van der Waals surface area contributed by atoms with Crippen LogP contribution in [0.1, 0.15) is 40.3 Å². The molecule has 106 valence electrons. The summed E-state index contributed by atoms with van der Waals surface area (Å²) < 4.78 is 10.2. The molecule has 0 saturated heterocycles. The first-order valence-electron chi connectivity index (χ1n) is 6.40. The first-order chi connectivity index (χ1) is 9.51. The van der Waals surface area contributed by atoms with Gasteiger partial charge in [0, 0.05) is 11.6 Å². The topological polar surface area (TPSA) is 64.4 Å². The van der Waals surface area contributed by atoms with Crippen LogP contribution in [0.3, 0.4) is 0 Å². The van der Waals surface area contributed by atoms with Gasteiger partial charge < -0.3 is 14.6 Å². The molecular formula is C15H18N2O3. The second kappa shape index (κ2) is 5.77. The zero-order chi connectivity index (χ0) is 14.7. The lowest BCUT2D eigenvalue weighted by Crippen LogP contribution is -2.27. The summed E-state index contributed by atoms with van der Waals surface area (Å²) >= 11 is 0. The molecule has 20 heavy (non-hydrogen) atoms. The number of hydrogen-bond acceptors (Lipinski definition) is 4. The van der Waals surface area contributed by atoms with Gasteiger partial charge in [0.25, 0.3) is 5.91 Å². The van der Waals surface area contributed by atoms with E-state index in [0.29, 0.717) is 5.76 Å². The fraction of sp³-hybridized carbons (Fsp3) is 0.333. The van der Waals surface area contributed by atoms with Crippen molar-refractivity contribution in [3.05, 3.63) is 46.8 Å². The number of amides is 1. The number of rotatable bonds is 4. The van der Waals surface area contributed by atoms with Gasteiger partial charge in [0.2, 0.25) is 0 Å². The highest BCUT2D eigenvalue weighted by atomic mass is 16.5. The fourth-order valence-corrected chi connectivity index (χ4v) is 2.01. The molecule has 0 saturated carbocycles. The SMILES string of the molecule is COc1ccc(C)cc1C(C)NC(=O)c1cc(C)on1. The Labute approximate surface area is 117 Å². The average Bonchev–Trinajstić information content (AvgIpc) is 2.85. The second-order valence-electron chi connectivity index (χ2n) is 4.76. The highest BCUT2D eigenvalue weighted by Gasteiger charge is 2.17. The van der Waals surface area contributed by atoms with Gasteiger partial charge in [-0.1, -0.05) is 22.9 Å². The number of nitrogens with zero attached hydrogens (tertiary/aromatic N) is 1. The lowest BCUT2D eigenvalue weighted by Gasteiger charge is -2.17. The normalized spacial score (nSPS) is 12.0. The van der Waals surface area contributed by atoms with E-state index in [9.17, 15) is 4.79 Å². The predicted molar refractivity (Wildman–Crippen MR) is 74.9 cm³/mol. The number of ether oxygens (including phenoxy) is 1. The Morgan fingerprint density at radius 2 is 2.10 bits per heavy atom. The highest BCUT2D eigenvalue weighted by molar-refractivity contribution is 5.92. The highest BCUT2D eigenvalue weighted by Crippen LogP contribution is 2.26. The molecule has 0 radical (unpaired) electrons. The molecule has 1 amide bonds. The Kier molecular flexibility index (Phi) is 4.08. The van der Waals surface area contributed by atoms with E-state index in [4.69, 9.17) is 9.26 Å². The van der Waals surface area contributed by atoms with E-state index < -0.39 is 0 Å². The van der Waals surface area contributed by atoms with Crippen LogP contribution < -0.4 is 10.1 Å². The maximum atomic E-state index is 12.1. The van der Waals surface area contributed by atoms with Crippen LogP contribution in [-0.4, -0.2) is 18.2 Å². The van der Waals surface area contributed by atoms with E-state index >= 15 is 0 Å². The zero-order valence-corrected chi connectivity index (χ0v) is 12.1. The molecule has 0 bridgehead atoms. The zero-order valence-electron chi connectivity index (χ0n) is 12.1. The first kappa shape index (κ1) is 14.1. The minimum Gasteiger partial charge on any atom is -0.496 e. The van der Waals surface area contributed by atoms with Crippen LogP contribution in [0.2, 0.25) is 0 Å². The van der Waals surface area contributed by atoms with Crippen molar-refractivity contribution < 1.29 is 14.1 Å². The summed E-state index contributed by atoms with van der Waals surface area (Å²) in [5.74, 6) is 1.09. The molecule has 1 N–H and O–H groups in total. The molecule has 2 aromatic rings. The Morgan fingerprint density at radius 1 is 1.35 bits per heavy atom. The molecule has 0 fully saturated rings. The molecule has 1 aromatic carbocycles.